The molecule has 3 N–H and O–H groups in total. The Morgan fingerprint density at radius 1 is 0.284 bits per heavy atom. The Morgan fingerprint density at radius 2 is 0.500 bits per heavy atom. The number of carbonyl (C=O) groups is 4. The molecule has 0 aliphatic heterocycles. The first kappa shape index (κ1) is 100. The van der Waals surface area contributed by atoms with Crippen molar-refractivity contribution in [3.63, 3.8) is 0 Å². The fourth-order valence-corrected chi connectivity index (χ4v) is 14.4. The van der Waals surface area contributed by atoms with E-state index in [4.69, 9.17) is 37.0 Å². The number of phosphoric acid groups is 2. The van der Waals surface area contributed by atoms with Crippen molar-refractivity contribution in [3.05, 3.63) is 0 Å². The van der Waals surface area contributed by atoms with Crippen molar-refractivity contribution in [1.82, 2.24) is 0 Å². The zero-order chi connectivity index (χ0) is 74.9. The highest BCUT2D eigenvalue weighted by Gasteiger charge is 2.30. The molecule has 0 aliphatic rings. The van der Waals surface area contributed by atoms with Crippen molar-refractivity contribution in [2.24, 2.45) is 11.8 Å². The van der Waals surface area contributed by atoms with Gasteiger partial charge in [0.2, 0.25) is 0 Å². The van der Waals surface area contributed by atoms with Gasteiger partial charge < -0.3 is 33.8 Å². The maximum absolute atomic E-state index is 13.1. The Kier molecular flexibility index (Phi) is 73.1. The summed E-state index contributed by atoms with van der Waals surface area (Å²) in [7, 11) is -9.92. The van der Waals surface area contributed by atoms with E-state index in [1.165, 1.54) is 257 Å². The number of hydrogen-bond donors (Lipinski definition) is 3. The molecule has 0 amide bonds. The van der Waals surface area contributed by atoms with Crippen molar-refractivity contribution in [1.29, 1.82) is 0 Å². The van der Waals surface area contributed by atoms with Gasteiger partial charge in [0.15, 0.2) is 12.2 Å². The number of aliphatic hydroxyl groups excluding tert-OH is 1. The van der Waals surface area contributed by atoms with E-state index in [2.05, 4.69) is 41.5 Å². The lowest BCUT2D eigenvalue weighted by Crippen LogP contribution is -2.30. The van der Waals surface area contributed by atoms with Crippen LogP contribution in [-0.4, -0.2) is 96.7 Å². The molecule has 17 nitrogen and oxygen atoms in total. The third-order valence-corrected chi connectivity index (χ3v) is 21.7. The summed E-state index contributed by atoms with van der Waals surface area (Å²) < 4.78 is 68.7. The molecule has 0 rings (SSSR count). The van der Waals surface area contributed by atoms with Gasteiger partial charge in [-0.1, -0.05) is 388 Å². The first-order valence-electron chi connectivity index (χ1n) is 43.0. The van der Waals surface area contributed by atoms with Crippen LogP contribution in [0.4, 0.5) is 0 Å². The second-order valence-corrected chi connectivity index (χ2v) is 33.5. The van der Waals surface area contributed by atoms with Crippen molar-refractivity contribution in [2.45, 2.75) is 458 Å². The van der Waals surface area contributed by atoms with E-state index in [9.17, 15) is 43.2 Å². The summed E-state index contributed by atoms with van der Waals surface area (Å²) in [5.41, 5.74) is 0. The van der Waals surface area contributed by atoms with E-state index in [0.717, 1.165) is 102 Å². The number of esters is 4. The number of rotatable bonds is 82. The first-order valence-corrected chi connectivity index (χ1v) is 46.0. The molecule has 0 spiro atoms. The molecule has 6 atom stereocenters. The summed E-state index contributed by atoms with van der Waals surface area (Å²) >= 11 is 0. The predicted octanol–water partition coefficient (Wildman–Crippen LogP) is 25.1. The van der Waals surface area contributed by atoms with Crippen molar-refractivity contribution in [3.8, 4) is 0 Å². The lowest BCUT2D eigenvalue weighted by molar-refractivity contribution is -0.161. The molecule has 3 unspecified atom stereocenters. The van der Waals surface area contributed by atoms with E-state index in [0.29, 0.717) is 25.7 Å². The smallest absolute Gasteiger partial charge is 0.462 e. The van der Waals surface area contributed by atoms with Crippen molar-refractivity contribution >= 4 is 39.5 Å². The Bertz CT molecular complexity index is 1960. The molecule has 606 valence electrons. The van der Waals surface area contributed by atoms with Crippen LogP contribution in [0.1, 0.15) is 440 Å². The standard InChI is InChI=1S/C83H162O17P2/c1-7-10-12-14-16-18-19-36-43-49-55-61-67-82(87)99-78(71-93-80(85)65-59-53-47-39-17-15-13-11-8-2)73-97-101(89,90)95-69-77(84)70-96-102(91,92)98-74-79(72-94-81(86)66-60-54-48-42-37-32-28-25-24-26-30-34-40-45-51-57-63-75(4)5)100-83(88)68-62-56-50-44-38-33-29-23-21-20-22-27-31-35-41-46-52-58-64-76(6)9-3/h75-79,84H,7-74H2,1-6H3,(H,89,90)(H,91,92)/t76?,77-,78+,79+/m0/s1. The molecule has 0 bridgehead atoms. The van der Waals surface area contributed by atoms with Gasteiger partial charge in [0.25, 0.3) is 0 Å². The second-order valence-electron chi connectivity index (χ2n) is 30.6. The van der Waals surface area contributed by atoms with Crippen LogP contribution in [0.15, 0.2) is 0 Å². The molecular weight excluding hydrogens is 1330 g/mol. The molecular formula is C83H162O17P2. The highest BCUT2D eigenvalue weighted by molar-refractivity contribution is 7.47. The van der Waals surface area contributed by atoms with Crippen LogP contribution in [0.3, 0.4) is 0 Å². The van der Waals surface area contributed by atoms with Gasteiger partial charge in [0, 0.05) is 25.7 Å². The number of carbonyl (C=O) groups excluding carboxylic acids is 4. The zero-order valence-electron chi connectivity index (χ0n) is 66.9. The van der Waals surface area contributed by atoms with Crippen molar-refractivity contribution < 1.29 is 80.2 Å². The summed E-state index contributed by atoms with van der Waals surface area (Å²) in [6.45, 7) is 9.73. The molecule has 0 radical (unpaired) electrons. The van der Waals surface area contributed by atoms with E-state index >= 15 is 0 Å². The number of hydrogen-bond acceptors (Lipinski definition) is 15. The van der Waals surface area contributed by atoms with Crippen molar-refractivity contribution in [2.75, 3.05) is 39.6 Å². The highest BCUT2D eigenvalue weighted by Crippen LogP contribution is 2.45. The summed E-state index contributed by atoms with van der Waals surface area (Å²) in [5.74, 6) is -0.423. The fraction of sp³-hybridized carbons (Fsp3) is 0.952. The molecule has 0 aliphatic carbocycles. The Hall–Kier alpha value is -1.94. The molecule has 0 aromatic heterocycles. The van der Waals surface area contributed by atoms with Gasteiger partial charge in [-0.25, -0.2) is 9.13 Å². The summed E-state index contributed by atoms with van der Waals surface area (Å²) in [6.07, 6.45) is 65.2. The Labute approximate surface area is 626 Å². The molecule has 0 saturated carbocycles. The van der Waals surface area contributed by atoms with Crippen LogP contribution in [0.5, 0.6) is 0 Å². The van der Waals surface area contributed by atoms with Gasteiger partial charge in [0.05, 0.1) is 26.4 Å². The monoisotopic (exact) mass is 1490 g/mol. The van der Waals surface area contributed by atoms with Gasteiger partial charge in [-0.2, -0.15) is 0 Å². The van der Waals surface area contributed by atoms with Crippen LogP contribution in [0.25, 0.3) is 0 Å². The Balaban J connectivity index is 5.19. The minimum Gasteiger partial charge on any atom is -0.462 e. The van der Waals surface area contributed by atoms with Gasteiger partial charge >= 0.3 is 39.5 Å². The number of unbranched alkanes of at least 4 members (excludes halogenated alkanes) is 51. The topological polar surface area (TPSA) is 237 Å². The normalized spacial score (nSPS) is 14.1. The maximum atomic E-state index is 13.1. The molecule has 0 saturated heterocycles. The summed E-state index contributed by atoms with van der Waals surface area (Å²) in [6, 6.07) is 0. The molecule has 102 heavy (non-hydrogen) atoms. The Morgan fingerprint density at radius 3 is 0.745 bits per heavy atom. The SMILES string of the molecule is CCCCCCCCCCCCCCC(=O)O[C@H](COC(=O)CCCCCCCCCCC)COP(=O)(O)OC[C@H](O)COP(=O)(O)OC[C@@H](COC(=O)CCCCCCCCCCCCCCCCCCC(C)C)OC(=O)CCCCCCCCCCCCCCCCCCCCC(C)CC. The van der Waals surface area contributed by atoms with Gasteiger partial charge in [-0.15, -0.1) is 0 Å². The van der Waals surface area contributed by atoms with Crippen LogP contribution < -0.4 is 0 Å². The van der Waals surface area contributed by atoms with Crippen LogP contribution >= 0.6 is 15.6 Å². The third-order valence-electron chi connectivity index (χ3n) is 19.8. The number of aliphatic hydroxyl groups is 1. The maximum Gasteiger partial charge on any atom is 0.472 e. The average molecular weight is 1490 g/mol. The second kappa shape index (κ2) is 74.5. The molecule has 0 aromatic rings. The van der Waals surface area contributed by atoms with Crippen LogP contribution in [0, 0.1) is 11.8 Å². The van der Waals surface area contributed by atoms with E-state index in [1.54, 1.807) is 0 Å². The quantitative estimate of drug-likeness (QED) is 0.0222. The minimum atomic E-state index is -4.96. The largest absolute Gasteiger partial charge is 0.472 e. The van der Waals surface area contributed by atoms with Gasteiger partial charge in [-0.05, 0) is 37.5 Å². The minimum absolute atomic E-state index is 0.108. The lowest BCUT2D eigenvalue weighted by atomic mass is 9.99. The molecule has 0 aromatic carbocycles. The average Bonchev–Trinajstić information content (AvgIpc) is 0.920. The number of ether oxygens (including phenoxy) is 4. The predicted molar refractivity (Wildman–Crippen MR) is 418 cm³/mol. The highest BCUT2D eigenvalue weighted by atomic mass is 31.2. The van der Waals surface area contributed by atoms with E-state index < -0.39 is 97.5 Å². The zero-order valence-corrected chi connectivity index (χ0v) is 68.7. The number of phosphoric ester groups is 2. The molecule has 0 fully saturated rings. The summed E-state index contributed by atoms with van der Waals surface area (Å²) in [5, 5.41) is 10.6. The molecule has 0 heterocycles. The fourth-order valence-electron chi connectivity index (χ4n) is 12.9. The van der Waals surface area contributed by atoms with E-state index in [1.807, 2.05) is 0 Å². The third kappa shape index (κ3) is 74.9. The lowest BCUT2D eigenvalue weighted by Gasteiger charge is -2.21. The van der Waals surface area contributed by atoms with Gasteiger partial charge in [0.1, 0.15) is 19.3 Å². The first-order chi connectivity index (χ1) is 49.4. The summed E-state index contributed by atoms with van der Waals surface area (Å²) in [4.78, 5) is 73.0. The molecule has 19 heteroatoms. The van der Waals surface area contributed by atoms with Gasteiger partial charge in [-0.3, -0.25) is 37.3 Å². The van der Waals surface area contributed by atoms with E-state index in [-0.39, 0.29) is 25.7 Å². The van der Waals surface area contributed by atoms with Crippen LogP contribution in [0.2, 0.25) is 0 Å². The van der Waals surface area contributed by atoms with Crippen LogP contribution in [-0.2, 0) is 65.4 Å².